The first-order valence-electron chi connectivity index (χ1n) is 9.89. The van der Waals surface area contributed by atoms with E-state index in [0.29, 0.717) is 29.2 Å². The monoisotopic (exact) mass is 419 g/mol. The zero-order chi connectivity index (χ0) is 22.1. The largest absolute Gasteiger partial charge is 0.495 e. The topological polar surface area (TPSA) is 81.4 Å². The number of amides is 1. The Balaban J connectivity index is 1.77. The van der Waals surface area contributed by atoms with Crippen LogP contribution in [0.5, 0.6) is 5.75 Å². The Morgan fingerprint density at radius 3 is 2.55 bits per heavy atom. The summed E-state index contributed by atoms with van der Waals surface area (Å²) in [7, 11) is 1.55. The Hall–Kier alpha value is -3.81. The Morgan fingerprint density at radius 1 is 1.13 bits per heavy atom. The van der Waals surface area contributed by atoms with Crippen LogP contribution in [0.4, 0.5) is 10.1 Å². The fourth-order valence-electron chi connectivity index (χ4n) is 3.52. The Bertz CT molecular complexity index is 1280. The van der Waals surface area contributed by atoms with E-state index < -0.39 is 5.91 Å². The predicted octanol–water partition coefficient (Wildman–Crippen LogP) is 4.37. The van der Waals surface area contributed by atoms with E-state index >= 15 is 0 Å². The van der Waals surface area contributed by atoms with Crippen molar-refractivity contribution in [3.05, 3.63) is 70.9 Å². The number of ether oxygens (including phenoxy) is 1. The average molecular weight is 419 g/mol. The zero-order valence-corrected chi connectivity index (χ0v) is 17.7. The number of aromatic nitrogens is 4. The summed E-state index contributed by atoms with van der Waals surface area (Å²) in [5.74, 6) is -0.171. The molecule has 0 aliphatic rings. The van der Waals surface area contributed by atoms with Gasteiger partial charge in [0.1, 0.15) is 11.6 Å². The highest BCUT2D eigenvalue weighted by atomic mass is 19.1. The minimum Gasteiger partial charge on any atom is -0.495 e. The molecule has 1 N–H and O–H groups in total. The average Bonchev–Trinajstić information content (AvgIpc) is 3.14. The molecule has 8 heteroatoms. The normalized spacial score (nSPS) is 11.0. The molecule has 31 heavy (non-hydrogen) atoms. The number of rotatable bonds is 5. The van der Waals surface area contributed by atoms with Crippen LogP contribution in [0.2, 0.25) is 0 Å². The lowest BCUT2D eigenvalue weighted by atomic mass is 10.0. The smallest absolute Gasteiger partial charge is 0.278 e. The molecule has 0 aliphatic carbocycles. The van der Waals surface area contributed by atoms with Crippen molar-refractivity contribution in [2.24, 2.45) is 0 Å². The van der Waals surface area contributed by atoms with Crippen LogP contribution in [0, 0.1) is 19.7 Å². The van der Waals surface area contributed by atoms with Gasteiger partial charge in [0.15, 0.2) is 11.3 Å². The predicted molar refractivity (Wildman–Crippen MR) is 116 cm³/mol. The van der Waals surface area contributed by atoms with Crippen LogP contribution < -0.4 is 10.1 Å². The van der Waals surface area contributed by atoms with Crippen molar-refractivity contribution >= 4 is 17.2 Å². The molecule has 4 aromatic rings. The van der Waals surface area contributed by atoms with Crippen molar-refractivity contribution in [1.82, 2.24) is 19.8 Å². The molecule has 4 rings (SSSR count). The van der Waals surface area contributed by atoms with E-state index in [9.17, 15) is 9.18 Å². The van der Waals surface area contributed by atoms with E-state index in [2.05, 4.69) is 20.6 Å². The summed E-state index contributed by atoms with van der Waals surface area (Å²) in [4.78, 5) is 13.0. The highest BCUT2D eigenvalue weighted by Crippen LogP contribution is 2.29. The van der Waals surface area contributed by atoms with Crippen molar-refractivity contribution < 1.29 is 13.9 Å². The Morgan fingerprint density at radius 2 is 1.87 bits per heavy atom. The number of aryl methyl sites for hydroxylation is 3. The number of carbonyl (C=O) groups excluding carboxylic acids is 1. The van der Waals surface area contributed by atoms with Crippen LogP contribution in [-0.2, 0) is 6.42 Å². The summed E-state index contributed by atoms with van der Waals surface area (Å²) in [5, 5.41) is 16.0. The molecule has 0 fully saturated rings. The summed E-state index contributed by atoms with van der Waals surface area (Å²) in [5.41, 5.74) is 5.14. The number of nitrogens with zero attached hydrogens (tertiary/aromatic N) is 4. The molecule has 7 nitrogen and oxygen atoms in total. The molecule has 158 valence electrons. The van der Waals surface area contributed by atoms with Crippen molar-refractivity contribution in [1.29, 1.82) is 0 Å². The molecule has 2 aromatic heterocycles. The van der Waals surface area contributed by atoms with Gasteiger partial charge in [-0.1, -0.05) is 25.1 Å². The van der Waals surface area contributed by atoms with Gasteiger partial charge in [0.2, 0.25) is 0 Å². The first-order chi connectivity index (χ1) is 14.9. The second-order valence-electron chi connectivity index (χ2n) is 7.21. The molecule has 2 aromatic carbocycles. The van der Waals surface area contributed by atoms with Gasteiger partial charge in [-0.25, -0.2) is 8.91 Å². The molecule has 0 radical (unpaired) electrons. The number of halogens is 1. The third kappa shape index (κ3) is 3.72. The zero-order valence-electron chi connectivity index (χ0n) is 17.7. The minimum absolute atomic E-state index is 0.159. The number of hydrogen-bond acceptors (Lipinski definition) is 5. The van der Waals surface area contributed by atoms with Gasteiger partial charge in [0.25, 0.3) is 5.91 Å². The summed E-state index contributed by atoms with van der Waals surface area (Å²) >= 11 is 0. The second kappa shape index (κ2) is 8.14. The fraction of sp³-hybridized carbons (Fsp3) is 0.217. The quantitative estimate of drug-likeness (QED) is 0.519. The van der Waals surface area contributed by atoms with Crippen LogP contribution in [0.15, 0.2) is 42.5 Å². The van der Waals surface area contributed by atoms with Gasteiger partial charge in [-0.2, -0.15) is 5.10 Å². The van der Waals surface area contributed by atoms with Gasteiger partial charge in [-0.15, -0.1) is 10.2 Å². The molecule has 0 spiro atoms. The minimum atomic E-state index is -0.410. The van der Waals surface area contributed by atoms with Crippen LogP contribution in [0.1, 0.15) is 34.4 Å². The molecule has 0 bridgehead atoms. The van der Waals surface area contributed by atoms with Gasteiger partial charge in [-0.3, -0.25) is 4.79 Å². The maximum atomic E-state index is 13.4. The molecular formula is C23H22FN5O2. The number of benzene rings is 2. The van der Waals surface area contributed by atoms with E-state index in [1.165, 1.54) is 12.1 Å². The summed E-state index contributed by atoms with van der Waals surface area (Å²) in [6.45, 7) is 5.68. The molecule has 0 unspecified atom stereocenters. The summed E-state index contributed by atoms with van der Waals surface area (Å²) in [6, 6.07) is 11.7. The van der Waals surface area contributed by atoms with Gasteiger partial charge in [0, 0.05) is 0 Å². The maximum Gasteiger partial charge on any atom is 0.278 e. The Kier molecular flexibility index (Phi) is 5.37. The molecule has 0 aliphatic heterocycles. The molecule has 0 saturated heterocycles. The maximum absolute atomic E-state index is 13.4. The van der Waals surface area contributed by atoms with E-state index in [1.807, 2.05) is 26.0 Å². The summed E-state index contributed by atoms with van der Waals surface area (Å²) in [6.07, 6.45) is 0.650. The Labute approximate surface area is 178 Å². The van der Waals surface area contributed by atoms with Crippen LogP contribution in [-0.4, -0.2) is 32.8 Å². The molecule has 2 heterocycles. The SMILES string of the molecule is CCc1nn2c(C)c(C(=O)Nc3cc(C)ccc3OC)nnc2c1-c1ccc(F)cc1. The van der Waals surface area contributed by atoms with Crippen LogP contribution in [0.25, 0.3) is 16.8 Å². The van der Waals surface area contributed by atoms with Gasteiger partial charge < -0.3 is 10.1 Å². The van der Waals surface area contributed by atoms with Crippen LogP contribution >= 0.6 is 0 Å². The van der Waals surface area contributed by atoms with Gasteiger partial charge in [0.05, 0.1) is 29.7 Å². The molecule has 0 saturated carbocycles. The first-order valence-corrected chi connectivity index (χ1v) is 9.89. The molecule has 0 atom stereocenters. The molecule has 1 amide bonds. The third-order valence-electron chi connectivity index (χ3n) is 5.12. The van der Waals surface area contributed by atoms with Gasteiger partial charge >= 0.3 is 0 Å². The number of anilines is 1. The number of fused-ring (bicyclic) bond motifs is 1. The molecular weight excluding hydrogens is 397 g/mol. The number of carbonyl (C=O) groups is 1. The number of hydrogen-bond donors (Lipinski definition) is 1. The lowest BCUT2D eigenvalue weighted by Crippen LogP contribution is -2.19. The van der Waals surface area contributed by atoms with Crippen molar-refractivity contribution in [3.63, 3.8) is 0 Å². The third-order valence-corrected chi connectivity index (χ3v) is 5.12. The lowest BCUT2D eigenvalue weighted by molar-refractivity contribution is 0.101. The van der Waals surface area contributed by atoms with Crippen LogP contribution in [0.3, 0.4) is 0 Å². The standard InChI is InChI=1S/C23H22FN5O2/c1-5-17-20(15-7-9-16(24)10-8-15)22-27-26-21(14(3)29(22)28-17)23(30)25-18-12-13(2)6-11-19(18)31-4/h6-12H,5H2,1-4H3,(H,25,30). The van der Waals surface area contributed by atoms with Crippen molar-refractivity contribution in [3.8, 4) is 16.9 Å². The lowest BCUT2D eigenvalue weighted by Gasteiger charge is -2.11. The highest BCUT2D eigenvalue weighted by molar-refractivity contribution is 6.04. The highest BCUT2D eigenvalue weighted by Gasteiger charge is 2.22. The number of nitrogens with one attached hydrogen (secondary N) is 1. The van der Waals surface area contributed by atoms with Gasteiger partial charge in [-0.05, 0) is 55.7 Å². The van der Waals surface area contributed by atoms with E-state index in [-0.39, 0.29) is 11.5 Å². The van der Waals surface area contributed by atoms with E-state index in [0.717, 1.165) is 22.4 Å². The number of methoxy groups -OCH3 is 1. The van der Waals surface area contributed by atoms with E-state index in [1.54, 1.807) is 36.7 Å². The fourth-order valence-corrected chi connectivity index (χ4v) is 3.52. The summed E-state index contributed by atoms with van der Waals surface area (Å²) < 4.78 is 20.3. The van der Waals surface area contributed by atoms with Crippen molar-refractivity contribution in [2.45, 2.75) is 27.2 Å². The van der Waals surface area contributed by atoms with Crippen molar-refractivity contribution in [2.75, 3.05) is 12.4 Å². The van der Waals surface area contributed by atoms with E-state index in [4.69, 9.17) is 4.74 Å². The second-order valence-corrected chi connectivity index (χ2v) is 7.21. The first kappa shape index (κ1) is 20.5.